The average Bonchev–Trinajstić information content (AvgIpc) is 2.39. The van der Waals surface area contributed by atoms with E-state index in [0.717, 1.165) is 12.8 Å². The van der Waals surface area contributed by atoms with Gasteiger partial charge in [0.1, 0.15) is 5.78 Å². The SMILES string of the molecule is CC1(C)C=C[C@@H]2C(=O)CC[C@@H]21. The van der Waals surface area contributed by atoms with Gasteiger partial charge in [-0.3, -0.25) is 4.79 Å². The molecule has 1 saturated carbocycles. The number of allylic oxidation sites excluding steroid dienone is 2. The smallest absolute Gasteiger partial charge is 0.140 e. The molecule has 1 nitrogen and oxygen atoms in total. The Morgan fingerprint density at radius 1 is 1.55 bits per heavy atom. The molecule has 1 heteroatoms. The monoisotopic (exact) mass is 150 g/mol. The molecule has 0 heterocycles. The lowest BCUT2D eigenvalue weighted by Gasteiger charge is -2.24. The highest BCUT2D eigenvalue weighted by Crippen LogP contribution is 2.48. The van der Waals surface area contributed by atoms with Gasteiger partial charge < -0.3 is 0 Å². The van der Waals surface area contributed by atoms with Crippen molar-refractivity contribution in [3.63, 3.8) is 0 Å². The minimum atomic E-state index is 0.269. The summed E-state index contributed by atoms with van der Waals surface area (Å²) in [7, 11) is 0. The highest BCUT2D eigenvalue weighted by atomic mass is 16.1. The van der Waals surface area contributed by atoms with E-state index in [1.54, 1.807) is 0 Å². The molecule has 0 amide bonds. The van der Waals surface area contributed by atoms with Gasteiger partial charge in [0.25, 0.3) is 0 Å². The van der Waals surface area contributed by atoms with Gasteiger partial charge in [-0.2, -0.15) is 0 Å². The maximum Gasteiger partial charge on any atom is 0.140 e. The summed E-state index contributed by atoms with van der Waals surface area (Å²) in [6.07, 6.45) is 6.23. The summed E-state index contributed by atoms with van der Waals surface area (Å²) in [5.41, 5.74) is 0.275. The van der Waals surface area contributed by atoms with Crippen molar-refractivity contribution in [2.75, 3.05) is 0 Å². The van der Waals surface area contributed by atoms with E-state index >= 15 is 0 Å². The van der Waals surface area contributed by atoms with E-state index in [-0.39, 0.29) is 11.3 Å². The lowest BCUT2D eigenvalue weighted by molar-refractivity contribution is -0.120. The quantitative estimate of drug-likeness (QED) is 0.484. The summed E-state index contributed by atoms with van der Waals surface area (Å²) in [5, 5.41) is 0. The molecule has 0 N–H and O–H groups in total. The van der Waals surface area contributed by atoms with Gasteiger partial charge in [0.05, 0.1) is 0 Å². The van der Waals surface area contributed by atoms with Gasteiger partial charge in [-0.1, -0.05) is 26.0 Å². The van der Waals surface area contributed by atoms with Crippen molar-refractivity contribution in [2.45, 2.75) is 26.7 Å². The Labute approximate surface area is 67.5 Å². The average molecular weight is 150 g/mol. The third kappa shape index (κ3) is 0.867. The van der Waals surface area contributed by atoms with Crippen LogP contribution < -0.4 is 0 Å². The van der Waals surface area contributed by atoms with Crippen LogP contribution in [0.1, 0.15) is 26.7 Å². The van der Waals surface area contributed by atoms with Crippen LogP contribution in [0.25, 0.3) is 0 Å². The second-order valence-corrected chi connectivity index (χ2v) is 4.32. The first-order valence-corrected chi connectivity index (χ1v) is 4.33. The molecule has 11 heavy (non-hydrogen) atoms. The third-order valence-electron chi connectivity index (χ3n) is 3.20. The van der Waals surface area contributed by atoms with Gasteiger partial charge in [-0.25, -0.2) is 0 Å². The predicted molar refractivity (Wildman–Crippen MR) is 44.1 cm³/mol. The molecule has 0 spiro atoms. The van der Waals surface area contributed by atoms with Crippen LogP contribution in [0, 0.1) is 17.3 Å². The molecular weight excluding hydrogens is 136 g/mol. The number of ketones is 1. The van der Waals surface area contributed by atoms with Crippen molar-refractivity contribution in [3.05, 3.63) is 12.2 Å². The summed E-state index contributed by atoms with van der Waals surface area (Å²) >= 11 is 0. The van der Waals surface area contributed by atoms with Crippen molar-refractivity contribution in [3.8, 4) is 0 Å². The Morgan fingerprint density at radius 3 is 2.91 bits per heavy atom. The van der Waals surface area contributed by atoms with Gasteiger partial charge in [-0.05, 0) is 17.8 Å². The molecule has 2 rings (SSSR count). The first-order chi connectivity index (χ1) is 5.11. The van der Waals surface area contributed by atoms with E-state index in [9.17, 15) is 4.79 Å². The second-order valence-electron chi connectivity index (χ2n) is 4.32. The van der Waals surface area contributed by atoms with Gasteiger partial charge in [0.15, 0.2) is 0 Å². The Balaban J connectivity index is 2.30. The number of hydrogen-bond donors (Lipinski definition) is 0. The minimum Gasteiger partial charge on any atom is -0.299 e. The predicted octanol–water partition coefficient (Wildman–Crippen LogP) is 2.18. The van der Waals surface area contributed by atoms with Crippen molar-refractivity contribution >= 4 is 5.78 Å². The summed E-state index contributed by atoms with van der Waals surface area (Å²) in [5.74, 6) is 1.33. The summed E-state index contributed by atoms with van der Waals surface area (Å²) in [6.45, 7) is 4.46. The molecule has 0 aromatic rings. The summed E-state index contributed by atoms with van der Waals surface area (Å²) in [6, 6.07) is 0. The molecule has 60 valence electrons. The zero-order valence-corrected chi connectivity index (χ0v) is 7.13. The topological polar surface area (TPSA) is 17.1 Å². The van der Waals surface area contributed by atoms with Crippen LogP contribution in [0.4, 0.5) is 0 Å². The second kappa shape index (κ2) is 1.96. The van der Waals surface area contributed by atoms with Gasteiger partial charge >= 0.3 is 0 Å². The molecule has 2 atom stereocenters. The molecule has 0 radical (unpaired) electrons. The number of carbonyl (C=O) groups is 1. The fourth-order valence-electron chi connectivity index (χ4n) is 2.42. The van der Waals surface area contributed by atoms with Crippen LogP contribution in [0.3, 0.4) is 0 Å². The number of carbonyl (C=O) groups excluding carboxylic acids is 1. The highest BCUT2D eigenvalue weighted by molar-refractivity contribution is 5.85. The van der Waals surface area contributed by atoms with Crippen LogP contribution in [0.5, 0.6) is 0 Å². The number of hydrogen-bond acceptors (Lipinski definition) is 1. The molecule has 0 bridgehead atoms. The molecule has 2 aliphatic rings. The Kier molecular flexibility index (Phi) is 1.26. The Morgan fingerprint density at radius 2 is 2.27 bits per heavy atom. The molecule has 2 aliphatic carbocycles. The highest BCUT2D eigenvalue weighted by Gasteiger charge is 2.44. The van der Waals surface area contributed by atoms with Crippen molar-refractivity contribution < 1.29 is 4.79 Å². The van der Waals surface area contributed by atoms with Crippen molar-refractivity contribution in [1.29, 1.82) is 0 Å². The Hall–Kier alpha value is -0.590. The van der Waals surface area contributed by atoms with Gasteiger partial charge in [0, 0.05) is 12.3 Å². The number of fused-ring (bicyclic) bond motifs is 1. The van der Waals surface area contributed by atoms with Gasteiger partial charge in [-0.15, -0.1) is 0 Å². The molecule has 1 fully saturated rings. The van der Waals surface area contributed by atoms with Crippen LogP contribution >= 0.6 is 0 Å². The number of Topliss-reactive ketones (excluding diaryl/α,β-unsaturated/α-hetero) is 1. The standard InChI is InChI=1S/C10H14O/c1-10(2)6-5-7-8(10)3-4-9(7)11/h5-8H,3-4H2,1-2H3/t7-,8-/m0/s1. The number of rotatable bonds is 0. The first-order valence-electron chi connectivity index (χ1n) is 4.33. The molecule has 0 aliphatic heterocycles. The maximum atomic E-state index is 11.3. The third-order valence-corrected chi connectivity index (χ3v) is 3.20. The van der Waals surface area contributed by atoms with Crippen LogP contribution in [-0.2, 0) is 4.79 Å². The van der Waals surface area contributed by atoms with Crippen LogP contribution in [-0.4, -0.2) is 5.78 Å². The first kappa shape index (κ1) is 7.08. The largest absolute Gasteiger partial charge is 0.299 e. The van der Waals surface area contributed by atoms with Crippen LogP contribution in [0.2, 0.25) is 0 Å². The molecule has 0 aromatic carbocycles. The van der Waals surface area contributed by atoms with E-state index in [1.807, 2.05) is 0 Å². The van der Waals surface area contributed by atoms with E-state index in [0.29, 0.717) is 11.7 Å². The van der Waals surface area contributed by atoms with E-state index in [1.165, 1.54) is 0 Å². The lowest BCUT2D eigenvalue weighted by Crippen LogP contribution is -2.20. The van der Waals surface area contributed by atoms with E-state index in [4.69, 9.17) is 0 Å². The molecule has 0 unspecified atom stereocenters. The molecular formula is C10H14O. The molecule has 0 aromatic heterocycles. The van der Waals surface area contributed by atoms with Crippen molar-refractivity contribution in [1.82, 2.24) is 0 Å². The summed E-state index contributed by atoms with van der Waals surface area (Å²) in [4.78, 5) is 11.3. The lowest BCUT2D eigenvalue weighted by atomic mass is 9.79. The van der Waals surface area contributed by atoms with E-state index < -0.39 is 0 Å². The van der Waals surface area contributed by atoms with Crippen molar-refractivity contribution in [2.24, 2.45) is 17.3 Å². The fraction of sp³-hybridized carbons (Fsp3) is 0.700. The van der Waals surface area contributed by atoms with E-state index in [2.05, 4.69) is 26.0 Å². The fourth-order valence-corrected chi connectivity index (χ4v) is 2.42. The minimum absolute atomic E-state index is 0.269. The Bertz CT molecular complexity index is 225. The summed E-state index contributed by atoms with van der Waals surface area (Å²) < 4.78 is 0. The van der Waals surface area contributed by atoms with Crippen LogP contribution in [0.15, 0.2) is 12.2 Å². The zero-order chi connectivity index (χ0) is 8.06. The maximum absolute atomic E-state index is 11.3. The normalized spacial score (nSPS) is 39.6. The van der Waals surface area contributed by atoms with Gasteiger partial charge in [0.2, 0.25) is 0 Å². The zero-order valence-electron chi connectivity index (χ0n) is 7.13. The molecule has 0 saturated heterocycles.